The summed E-state index contributed by atoms with van der Waals surface area (Å²) in [6.45, 7) is 5.22. The zero-order chi connectivity index (χ0) is 37.7. The van der Waals surface area contributed by atoms with Crippen LogP contribution >= 0.6 is 0 Å². The van der Waals surface area contributed by atoms with Crippen LogP contribution in [0.4, 0.5) is 0 Å². The van der Waals surface area contributed by atoms with Crippen molar-refractivity contribution in [2.45, 2.75) is 232 Å². The van der Waals surface area contributed by atoms with E-state index in [1.165, 1.54) is 148 Å². The lowest BCUT2D eigenvalue weighted by molar-refractivity contribution is -0.154. The maximum Gasteiger partial charge on any atom is 0.306 e. The van der Waals surface area contributed by atoms with Gasteiger partial charge in [-0.1, -0.05) is 217 Å². The smallest absolute Gasteiger partial charge is 0.306 e. The van der Waals surface area contributed by atoms with Gasteiger partial charge in [-0.05, 0) is 51.4 Å². The van der Waals surface area contributed by atoms with Gasteiger partial charge in [0.2, 0.25) is 0 Å². The fourth-order valence-electron chi connectivity index (χ4n) is 6.56. The van der Waals surface area contributed by atoms with Gasteiger partial charge < -0.3 is 14.6 Å². The Bertz CT molecular complexity index is 813. The third-order valence-corrected chi connectivity index (χ3v) is 9.92. The molecule has 0 aliphatic rings. The summed E-state index contributed by atoms with van der Waals surface area (Å²) in [5.41, 5.74) is 0. The monoisotopic (exact) mass is 729 g/mol. The van der Waals surface area contributed by atoms with Crippen molar-refractivity contribution < 1.29 is 19.4 Å². The molecule has 0 fully saturated rings. The minimum absolute atomic E-state index is 0.178. The van der Waals surface area contributed by atoms with E-state index < -0.39 is 6.10 Å². The molecule has 0 saturated heterocycles. The van der Waals surface area contributed by atoms with Gasteiger partial charge >= 0.3 is 5.97 Å². The third kappa shape index (κ3) is 42.8. The fourth-order valence-corrected chi connectivity index (χ4v) is 6.56. The molecule has 0 rings (SSSR count). The highest BCUT2D eigenvalue weighted by atomic mass is 16.6. The predicted molar refractivity (Wildman–Crippen MR) is 228 cm³/mol. The summed E-state index contributed by atoms with van der Waals surface area (Å²) in [6, 6.07) is 0. The van der Waals surface area contributed by atoms with Crippen LogP contribution in [0.15, 0.2) is 48.6 Å². The molecule has 0 radical (unpaired) electrons. The fraction of sp³-hybridized carbons (Fsp3) is 0.812. The number of allylic oxidation sites excluding steroid dienone is 8. The van der Waals surface area contributed by atoms with Crippen molar-refractivity contribution in [3.05, 3.63) is 48.6 Å². The second-order valence-corrected chi connectivity index (χ2v) is 15.1. The van der Waals surface area contributed by atoms with E-state index in [-0.39, 0.29) is 19.2 Å². The van der Waals surface area contributed by atoms with Crippen molar-refractivity contribution in [1.82, 2.24) is 0 Å². The topological polar surface area (TPSA) is 55.8 Å². The SMILES string of the molecule is CC/C=C\C/C=C\C/C=C\C/C=C\CCCCCCCOCC(CO)OC(=O)CCCCCCCCCCCCCCCCCCCCCCCC. The van der Waals surface area contributed by atoms with Crippen molar-refractivity contribution in [2.75, 3.05) is 19.8 Å². The number of rotatable bonds is 42. The lowest BCUT2D eigenvalue weighted by atomic mass is 10.0. The summed E-state index contributed by atoms with van der Waals surface area (Å²) < 4.78 is 11.2. The zero-order valence-corrected chi connectivity index (χ0v) is 34.8. The molecule has 0 aromatic heterocycles. The predicted octanol–water partition coefficient (Wildman–Crippen LogP) is 15.0. The molecular weight excluding hydrogens is 641 g/mol. The van der Waals surface area contributed by atoms with Crippen LogP contribution < -0.4 is 0 Å². The minimum atomic E-state index is -0.543. The lowest BCUT2D eigenvalue weighted by Crippen LogP contribution is -2.27. The Balaban J connectivity index is 3.42. The molecule has 0 saturated carbocycles. The first-order valence-electron chi connectivity index (χ1n) is 22.7. The van der Waals surface area contributed by atoms with E-state index in [2.05, 4.69) is 62.5 Å². The first-order valence-corrected chi connectivity index (χ1v) is 22.7. The van der Waals surface area contributed by atoms with Gasteiger partial charge in [0.15, 0.2) is 0 Å². The molecule has 0 aromatic carbocycles. The molecule has 0 aromatic rings. The molecule has 1 unspecified atom stereocenters. The van der Waals surface area contributed by atoms with E-state index in [9.17, 15) is 9.90 Å². The molecule has 0 aliphatic heterocycles. The number of aliphatic hydroxyl groups is 1. The van der Waals surface area contributed by atoms with Gasteiger partial charge in [0.1, 0.15) is 6.10 Å². The van der Waals surface area contributed by atoms with Crippen LogP contribution in [0.25, 0.3) is 0 Å². The molecule has 1 N–H and O–H groups in total. The maximum absolute atomic E-state index is 12.2. The van der Waals surface area contributed by atoms with E-state index >= 15 is 0 Å². The normalized spacial score (nSPS) is 12.8. The van der Waals surface area contributed by atoms with Crippen LogP contribution in [0.3, 0.4) is 0 Å². The van der Waals surface area contributed by atoms with E-state index in [0.29, 0.717) is 13.0 Å². The summed E-state index contributed by atoms with van der Waals surface area (Å²) in [5, 5.41) is 9.61. The number of aliphatic hydroxyl groups excluding tert-OH is 1. The van der Waals surface area contributed by atoms with Gasteiger partial charge in [-0.3, -0.25) is 4.79 Å². The highest BCUT2D eigenvalue weighted by Crippen LogP contribution is 2.16. The van der Waals surface area contributed by atoms with Crippen LogP contribution in [-0.4, -0.2) is 37.0 Å². The van der Waals surface area contributed by atoms with Gasteiger partial charge in [-0.2, -0.15) is 0 Å². The molecule has 52 heavy (non-hydrogen) atoms. The van der Waals surface area contributed by atoms with Crippen LogP contribution in [0, 0.1) is 0 Å². The molecule has 1 atom stereocenters. The third-order valence-electron chi connectivity index (χ3n) is 9.92. The molecule has 0 amide bonds. The van der Waals surface area contributed by atoms with Gasteiger partial charge in [-0.25, -0.2) is 0 Å². The Kier molecular flexibility index (Phi) is 44.1. The summed E-state index contributed by atoms with van der Waals surface area (Å²) >= 11 is 0. The largest absolute Gasteiger partial charge is 0.457 e. The first-order chi connectivity index (χ1) is 25.7. The quantitative estimate of drug-likeness (QED) is 0.0386. The number of unbranched alkanes of at least 4 members (excludes halogenated alkanes) is 26. The summed E-state index contributed by atoms with van der Waals surface area (Å²) in [4.78, 5) is 12.2. The lowest BCUT2D eigenvalue weighted by Gasteiger charge is -2.15. The van der Waals surface area contributed by atoms with Crippen molar-refractivity contribution in [2.24, 2.45) is 0 Å². The van der Waals surface area contributed by atoms with Crippen LogP contribution in [0.1, 0.15) is 226 Å². The van der Waals surface area contributed by atoms with Crippen molar-refractivity contribution >= 4 is 5.97 Å². The van der Waals surface area contributed by atoms with E-state index in [4.69, 9.17) is 9.47 Å². The van der Waals surface area contributed by atoms with Crippen molar-refractivity contribution in [3.8, 4) is 0 Å². The first kappa shape index (κ1) is 50.4. The minimum Gasteiger partial charge on any atom is -0.457 e. The van der Waals surface area contributed by atoms with Crippen molar-refractivity contribution in [3.63, 3.8) is 0 Å². The van der Waals surface area contributed by atoms with Crippen LogP contribution in [0.5, 0.6) is 0 Å². The molecule has 0 spiro atoms. The number of carbonyl (C=O) groups is 1. The Morgan fingerprint density at radius 1 is 0.481 bits per heavy atom. The summed E-state index contributed by atoms with van der Waals surface area (Å²) in [6.07, 6.45) is 59.0. The van der Waals surface area contributed by atoms with Gasteiger partial charge in [-0.15, -0.1) is 0 Å². The number of hydrogen-bond acceptors (Lipinski definition) is 4. The van der Waals surface area contributed by atoms with E-state index in [1.54, 1.807) is 0 Å². The average molecular weight is 729 g/mol. The molecule has 0 aliphatic carbocycles. The number of esters is 1. The molecule has 4 nitrogen and oxygen atoms in total. The van der Waals surface area contributed by atoms with Crippen LogP contribution in [0.2, 0.25) is 0 Å². The van der Waals surface area contributed by atoms with E-state index in [0.717, 1.165) is 57.8 Å². The van der Waals surface area contributed by atoms with Crippen molar-refractivity contribution in [1.29, 1.82) is 0 Å². The Morgan fingerprint density at radius 3 is 1.31 bits per heavy atom. The Morgan fingerprint density at radius 2 is 0.865 bits per heavy atom. The Hall–Kier alpha value is -1.65. The van der Waals surface area contributed by atoms with Gasteiger partial charge in [0.05, 0.1) is 13.2 Å². The standard InChI is InChI=1S/C48H88O4/c1-3-5-7-9-11-13-15-17-19-21-23-24-25-26-27-29-31-33-35-37-39-41-43-48(50)52-47(45-49)46-51-44-42-40-38-36-34-32-30-28-22-20-18-16-14-12-10-8-6-4-2/h6,8,12,14,18,20,28,30,47,49H,3-5,7,9-11,13,15-17,19,21-27,29,31-46H2,1-2H3/b8-6-,14-12-,20-18-,30-28-. The molecule has 304 valence electrons. The average Bonchev–Trinajstić information content (AvgIpc) is 3.15. The van der Waals surface area contributed by atoms with Crippen LogP contribution in [-0.2, 0) is 14.3 Å². The maximum atomic E-state index is 12.2. The number of hydrogen-bond donors (Lipinski definition) is 1. The molecule has 0 bridgehead atoms. The number of ether oxygens (including phenoxy) is 2. The molecule has 4 heteroatoms. The second kappa shape index (κ2) is 45.5. The molecular formula is C48H88O4. The highest BCUT2D eigenvalue weighted by Gasteiger charge is 2.13. The molecule has 0 heterocycles. The number of carbonyl (C=O) groups excluding carboxylic acids is 1. The second-order valence-electron chi connectivity index (χ2n) is 15.1. The zero-order valence-electron chi connectivity index (χ0n) is 34.8. The summed E-state index contributed by atoms with van der Waals surface area (Å²) in [5.74, 6) is -0.205. The van der Waals surface area contributed by atoms with E-state index in [1.807, 2.05) is 0 Å². The summed E-state index contributed by atoms with van der Waals surface area (Å²) in [7, 11) is 0. The van der Waals surface area contributed by atoms with Gasteiger partial charge in [0.25, 0.3) is 0 Å². The Labute approximate surface area is 324 Å². The van der Waals surface area contributed by atoms with Gasteiger partial charge in [0, 0.05) is 13.0 Å². The highest BCUT2D eigenvalue weighted by molar-refractivity contribution is 5.69.